The Morgan fingerprint density at radius 3 is 2.64 bits per heavy atom. The largest absolute Gasteiger partial charge is 0.351 e. The zero-order valence-electron chi connectivity index (χ0n) is 15.9. The van der Waals surface area contributed by atoms with Crippen molar-refractivity contribution in [1.82, 2.24) is 20.0 Å². The van der Waals surface area contributed by atoms with Crippen molar-refractivity contribution in [2.45, 2.75) is 44.9 Å². The molecule has 0 spiro atoms. The van der Waals surface area contributed by atoms with Crippen LogP contribution in [0.2, 0.25) is 0 Å². The van der Waals surface area contributed by atoms with E-state index in [4.69, 9.17) is 0 Å². The number of hydrogen-bond donors (Lipinski definition) is 1. The summed E-state index contributed by atoms with van der Waals surface area (Å²) in [6.07, 6.45) is 6.10. The Balaban J connectivity index is 1.45. The number of rotatable bonds is 6. The molecule has 148 valence electrons. The molecule has 1 N–H and O–H groups in total. The van der Waals surface area contributed by atoms with Crippen LogP contribution in [0.4, 0.5) is 4.39 Å². The first-order chi connectivity index (χ1) is 13.6. The van der Waals surface area contributed by atoms with Crippen molar-refractivity contribution in [3.63, 3.8) is 0 Å². The lowest BCUT2D eigenvalue weighted by Gasteiger charge is -2.15. The second-order valence-corrected chi connectivity index (χ2v) is 7.46. The number of fused-ring (bicyclic) bond motifs is 1. The number of benzene rings is 1. The van der Waals surface area contributed by atoms with Gasteiger partial charge in [-0.05, 0) is 62.8 Å². The zero-order chi connectivity index (χ0) is 19.5. The maximum atomic E-state index is 13.3. The van der Waals surface area contributed by atoms with Crippen molar-refractivity contribution in [2.75, 3.05) is 19.6 Å². The molecule has 2 heterocycles. The number of carbonyl (C=O) groups is 2. The Hall–Kier alpha value is -2.70. The summed E-state index contributed by atoms with van der Waals surface area (Å²) in [6, 6.07) is 6.19. The van der Waals surface area contributed by atoms with Crippen LogP contribution in [0.5, 0.6) is 0 Å². The quantitative estimate of drug-likeness (QED) is 0.779. The van der Waals surface area contributed by atoms with E-state index in [-0.39, 0.29) is 17.6 Å². The third-order valence-corrected chi connectivity index (χ3v) is 5.53. The predicted octanol–water partition coefficient (Wildman–Crippen LogP) is 2.63. The fraction of sp³-hybridized carbons (Fsp3) is 0.476. The summed E-state index contributed by atoms with van der Waals surface area (Å²) in [5, 5.41) is 7.53. The summed E-state index contributed by atoms with van der Waals surface area (Å²) in [6.45, 7) is 2.02. The van der Waals surface area contributed by atoms with Crippen LogP contribution in [0.25, 0.3) is 5.69 Å². The van der Waals surface area contributed by atoms with Gasteiger partial charge in [-0.2, -0.15) is 5.10 Å². The third-order valence-electron chi connectivity index (χ3n) is 5.53. The van der Waals surface area contributed by atoms with E-state index in [0.29, 0.717) is 25.2 Å². The van der Waals surface area contributed by atoms with Crippen molar-refractivity contribution >= 4 is 11.8 Å². The van der Waals surface area contributed by atoms with Gasteiger partial charge in [0.1, 0.15) is 5.82 Å². The lowest BCUT2D eigenvalue weighted by molar-refractivity contribution is -0.127. The normalized spacial score (nSPS) is 16.3. The molecule has 2 amide bonds. The van der Waals surface area contributed by atoms with Crippen LogP contribution in [-0.4, -0.2) is 46.1 Å². The van der Waals surface area contributed by atoms with Crippen molar-refractivity contribution in [3.8, 4) is 5.69 Å². The van der Waals surface area contributed by atoms with Gasteiger partial charge in [-0.3, -0.25) is 9.59 Å². The van der Waals surface area contributed by atoms with Crippen LogP contribution in [0.1, 0.15) is 53.8 Å². The molecule has 1 aromatic carbocycles. The molecule has 1 aliphatic heterocycles. The zero-order valence-corrected chi connectivity index (χ0v) is 15.9. The van der Waals surface area contributed by atoms with E-state index in [1.54, 1.807) is 16.8 Å². The second kappa shape index (κ2) is 8.12. The van der Waals surface area contributed by atoms with Crippen LogP contribution in [-0.2, 0) is 17.6 Å². The van der Waals surface area contributed by atoms with Gasteiger partial charge in [0.15, 0.2) is 5.69 Å². The second-order valence-electron chi connectivity index (χ2n) is 7.46. The lowest BCUT2D eigenvalue weighted by Crippen LogP contribution is -2.31. The van der Waals surface area contributed by atoms with Crippen LogP contribution in [0.3, 0.4) is 0 Å². The molecule has 1 fully saturated rings. The van der Waals surface area contributed by atoms with Crippen LogP contribution in [0, 0.1) is 5.82 Å². The van der Waals surface area contributed by atoms with Crippen LogP contribution < -0.4 is 5.32 Å². The van der Waals surface area contributed by atoms with Gasteiger partial charge in [-0.15, -0.1) is 0 Å². The van der Waals surface area contributed by atoms with Crippen molar-refractivity contribution < 1.29 is 14.0 Å². The van der Waals surface area contributed by atoms with Gasteiger partial charge in [0, 0.05) is 37.3 Å². The minimum absolute atomic E-state index is 0.174. The molecule has 6 nitrogen and oxygen atoms in total. The molecular formula is C21H25FN4O2. The van der Waals surface area contributed by atoms with Crippen LogP contribution in [0.15, 0.2) is 24.3 Å². The average molecular weight is 384 g/mol. The van der Waals surface area contributed by atoms with E-state index < -0.39 is 0 Å². The van der Waals surface area contributed by atoms with Gasteiger partial charge in [-0.25, -0.2) is 9.07 Å². The molecule has 7 heteroatoms. The SMILES string of the molecule is O=C(NCCCN1CCCC1=O)c1nn(-c2ccc(F)cc2)c2c1CCCC2. The molecule has 0 saturated carbocycles. The summed E-state index contributed by atoms with van der Waals surface area (Å²) >= 11 is 0. The maximum Gasteiger partial charge on any atom is 0.272 e. The number of amides is 2. The van der Waals surface area contributed by atoms with E-state index >= 15 is 0 Å². The fourth-order valence-corrected chi connectivity index (χ4v) is 4.07. The van der Waals surface area contributed by atoms with E-state index in [0.717, 1.165) is 62.0 Å². The molecule has 1 aliphatic carbocycles. The highest BCUT2D eigenvalue weighted by Gasteiger charge is 2.25. The number of hydrogen-bond acceptors (Lipinski definition) is 3. The topological polar surface area (TPSA) is 67.2 Å². The van der Waals surface area contributed by atoms with Crippen molar-refractivity contribution in [2.24, 2.45) is 0 Å². The molecule has 28 heavy (non-hydrogen) atoms. The lowest BCUT2D eigenvalue weighted by atomic mass is 9.95. The molecule has 0 bridgehead atoms. The monoisotopic (exact) mass is 384 g/mol. The van der Waals surface area contributed by atoms with Gasteiger partial charge in [0.25, 0.3) is 5.91 Å². The number of aromatic nitrogens is 2. The number of halogens is 1. The van der Waals surface area contributed by atoms with Gasteiger partial charge in [0.2, 0.25) is 5.91 Å². The molecule has 0 unspecified atom stereocenters. The van der Waals surface area contributed by atoms with Crippen LogP contribution >= 0.6 is 0 Å². The minimum Gasteiger partial charge on any atom is -0.351 e. The first-order valence-corrected chi connectivity index (χ1v) is 10.1. The highest BCUT2D eigenvalue weighted by Crippen LogP contribution is 2.27. The predicted molar refractivity (Wildman–Crippen MR) is 103 cm³/mol. The summed E-state index contributed by atoms with van der Waals surface area (Å²) in [5.41, 5.74) is 3.29. The molecule has 4 rings (SSSR count). The maximum absolute atomic E-state index is 13.3. The number of nitrogens with zero attached hydrogens (tertiary/aromatic N) is 3. The molecule has 1 saturated heterocycles. The average Bonchev–Trinajstić information content (AvgIpc) is 3.29. The number of nitrogens with one attached hydrogen (secondary N) is 1. The molecule has 0 radical (unpaired) electrons. The Morgan fingerprint density at radius 1 is 1.11 bits per heavy atom. The third kappa shape index (κ3) is 3.79. The Bertz CT molecular complexity index is 875. The minimum atomic E-state index is -0.292. The molecular weight excluding hydrogens is 359 g/mol. The Morgan fingerprint density at radius 2 is 1.89 bits per heavy atom. The first-order valence-electron chi connectivity index (χ1n) is 10.1. The summed E-state index contributed by atoms with van der Waals surface area (Å²) in [4.78, 5) is 26.3. The fourth-order valence-electron chi connectivity index (χ4n) is 4.07. The van der Waals surface area contributed by atoms with E-state index in [2.05, 4.69) is 10.4 Å². The van der Waals surface area contributed by atoms with Gasteiger partial charge in [-0.1, -0.05) is 0 Å². The molecule has 2 aromatic rings. The van der Waals surface area contributed by atoms with Gasteiger partial charge < -0.3 is 10.2 Å². The van der Waals surface area contributed by atoms with Gasteiger partial charge in [0.05, 0.1) is 5.69 Å². The molecule has 1 aromatic heterocycles. The summed E-state index contributed by atoms with van der Waals surface area (Å²) in [7, 11) is 0. The highest BCUT2D eigenvalue weighted by molar-refractivity contribution is 5.94. The van der Waals surface area contributed by atoms with Crippen molar-refractivity contribution in [1.29, 1.82) is 0 Å². The van der Waals surface area contributed by atoms with Crippen molar-refractivity contribution in [3.05, 3.63) is 47.0 Å². The van der Waals surface area contributed by atoms with E-state index in [9.17, 15) is 14.0 Å². The Kier molecular flexibility index (Phi) is 5.41. The number of carbonyl (C=O) groups excluding carboxylic acids is 2. The van der Waals surface area contributed by atoms with E-state index in [1.165, 1.54) is 12.1 Å². The van der Waals surface area contributed by atoms with E-state index in [1.807, 2.05) is 4.90 Å². The standard InChI is InChI=1S/C21H25FN4O2/c22-15-8-10-16(11-9-15)26-18-6-2-1-5-17(18)20(24-26)21(28)23-12-4-14-25-13-3-7-19(25)27/h8-11H,1-7,12-14H2,(H,23,28). The Labute approximate surface area is 163 Å². The van der Waals surface area contributed by atoms with Gasteiger partial charge >= 0.3 is 0 Å². The first kappa shape index (κ1) is 18.7. The highest BCUT2D eigenvalue weighted by atomic mass is 19.1. The molecule has 2 aliphatic rings. The molecule has 0 atom stereocenters. The number of likely N-dealkylation sites (tertiary alicyclic amines) is 1. The summed E-state index contributed by atoms with van der Waals surface area (Å²) in [5.74, 6) is -0.260. The smallest absolute Gasteiger partial charge is 0.272 e. The summed E-state index contributed by atoms with van der Waals surface area (Å²) < 4.78 is 15.0.